The molecule has 2 rings (SSSR count). The van der Waals surface area contributed by atoms with E-state index in [0.29, 0.717) is 0 Å². The molecule has 18 heavy (non-hydrogen) atoms. The zero-order valence-corrected chi connectivity index (χ0v) is 11.3. The molecule has 0 saturated carbocycles. The Labute approximate surface area is 112 Å². The molecule has 0 radical (unpaired) electrons. The zero-order valence-electron chi connectivity index (χ0n) is 10.5. The molecule has 0 fully saturated rings. The highest BCUT2D eigenvalue weighted by Crippen LogP contribution is 2.23. The van der Waals surface area contributed by atoms with E-state index >= 15 is 0 Å². The molecule has 0 aliphatic rings. The molecule has 0 unspecified atom stereocenters. The van der Waals surface area contributed by atoms with Crippen LogP contribution in [-0.4, -0.2) is 12.0 Å². The van der Waals surface area contributed by atoms with Crippen molar-refractivity contribution in [1.29, 1.82) is 0 Å². The SMILES string of the molecule is Cc1ccnc(N(C)Cc2cccc(Cl)c2)c1N. The van der Waals surface area contributed by atoms with Crippen LogP contribution in [0.5, 0.6) is 0 Å². The van der Waals surface area contributed by atoms with Crippen LogP contribution in [0.1, 0.15) is 11.1 Å². The molecule has 0 aliphatic heterocycles. The number of hydrogen-bond acceptors (Lipinski definition) is 3. The Hall–Kier alpha value is -1.74. The van der Waals surface area contributed by atoms with Gasteiger partial charge in [-0.2, -0.15) is 0 Å². The zero-order chi connectivity index (χ0) is 13.1. The Morgan fingerprint density at radius 1 is 1.33 bits per heavy atom. The number of nitrogens with two attached hydrogens (primary N) is 1. The summed E-state index contributed by atoms with van der Waals surface area (Å²) < 4.78 is 0. The van der Waals surface area contributed by atoms with Crippen molar-refractivity contribution in [2.24, 2.45) is 0 Å². The average molecular weight is 262 g/mol. The number of nitrogen functional groups attached to an aromatic ring is 1. The molecule has 0 atom stereocenters. The van der Waals surface area contributed by atoms with Crippen molar-refractivity contribution in [3.05, 3.63) is 52.7 Å². The van der Waals surface area contributed by atoms with Gasteiger partial charge in [-0.15, -0.1) is 0 Å². The van der Waals surface area contributed by atoms with Crippen molar-refractivity contribution in [2.45, 2.75) is 13.5 Å². The van der Waals surface area contributed by atoms with Gasteiger partial charge in [0.25, 0.3) is 0 Å². The number of aromatic nitrogens is 1. The lowest BCUT2D eigenvalue weighted by molar-refractivity contribution is 0.899. The molecule has 2 N–H and O–H groups in total. The van der Waals surface area contributed by atoms with Crippen LogP contribution in [-0.2, 0) is 6.54 Å². The summed E-state index contributed by atoms with van der Waals surface area (Å²) in [4.78, 5) is 6.35. The third-order valence-electron chi connectivity index (χ3n) is 2.86. The van der Waals surface area contributed by atoms with Crippen molar-refractivity contribution in [1.82, 2.24) is 4.98 Å². The Kier molecular flexibility index (Phi) is 3.72. The van der Waals surface area contributed by atoms with E-state index < -0.39 is 0 Å². The second kappa shape index (κ2) is 5.27. The number of nitrogens with zero attached hydrogens (tertiary/aromatic N) is 2. The number of benzene rings is 1. The second-order valence-electron chi connectivity index (χ2n) is 4.35. The highest BCUT2D eigenvalue weighted by atomic mass is 35.5. The van der Waals surface area contributed by atoms with Gasteiger partial charge < -0.3 is 10.6 Å². The summed E-state index contributed by atoms with van der Waals surface area (Å²) in [6.45, 7) is 2.70. The van der Waals surface area contributed by atoms with Gasteiger partial charge in [-0.3, -0.25) is 0 Å². The number of hydrogen-bond donors (Lipinski definition) is 1. The highest BCUT2D eigenvalue weighted by molar-refractivity contribution is 6.30. The molecule has 0 aliphatic carbocycles. The van der Waals surface area contributed by atoms with Crippen LogP contribution in [0.25, 0.3) is 0 Å². The van der Waals surface area contributed by atoms with E-state index in [1.54, 1.807) is 6.20 Å². The molecule has 94 valence electrons. The first kappa shape index (κ1) is 12.7. The van der Waals surface area contributed by atoms with Gasteiger partial charge in [-0.1, -0.05) is 23.7 Å². The molecular weight excluding hydrogens is 246 g/mol. The van der Waals surface area contributed by atoms with E-state index in [9.17, 15) is 0 Å². The smallest absolute Gasteiger partial charge is 0.152 e. The normalized spacial score (nSPS) is 10.4. The standard InChI is InChI=1S/C14H16ClN3/c1-10-6-7-17-14(13(10)16)18(2)9-11-4-3-5-12(15)8-11/h3-8H,9,16H2,1-2H3. The van der Waals surface area contributed by atoms with Gasteiger partial charge in [0.05, 0.1) is 5.69 Å². The summed E-state index contributed by atoms with van der Waals surface area (Å²) in [7, 11) is 1.97. The minimum Gasteiger partial charge on any atom is -0.396 e. The largest absolute Gasteiger partial charge is 0.396 e. The van der Waals surface area contributed by atoms with Gasteiger partial charge in [0, 0.05) is 24.8 Å². The van der Waals surface area contributed by atoms with Gasteiger partial charge >= 0.3 is 0 Å². The van der Waals surface area contributed by atoms with Gasteiger partial charge in [0.2, 0.25) is 0 Å². The molecule has 0 amide bonds. The highest BCUT2D eigenvalue weighted by Gasteiger charge is 2.09. The quantitative estimate of drug-likeness (QED) is 0.922. The van der Waals surface area contributed by atoms with Crippen molar-refractivity contribution in [2.75, 3.05) is 17.7 Å². The molecule has 1 aromatic heterocycles. The summed E-state index contributed by atoms with van der Waals surface area (Å²) in [5.74, 6) is 0.801. The number of aryl methyl sites for hydroxylation is 1. The van der Waals surface area contributed by atoms with Crippen LogP contribution < -0.4 is 10.6 Å². The molecule has 0 saturated heterocycles. The lowest BCUT2D eigenvalue weighted by atomic mass is 10.2. The van der Waals surface area contributed by atoms with Crippen molar-refractivity contribution in [3.8, 4) is 0 Å². The van der Waals surface area contributed by atoms with Crippen molar-refractivity contribution >= 4 is 23.1 Å². The fraction of sp³-hybridized carbons (Fsp3) is 0.214. The fourth-order valence-electron chi connectivity index (χ4n) is 1.84. The summed E-state index contributed by atoms with van der Waals surface area (Å²) in [6, 6.07) is 9.70. The van der Waals surface area contributed by atoms with E-state index in [1.807, 2.05) is 49.2 Å². The summed E-state index contributed by atoms with van der Waals surface area (Å²) in [5, 5.41) is 0.742. The van der Waals surface area contributed by atoms with E-state index in [-0.39, 0.29) is 0 Å². The molecule has 1 aromatic carbocycles. The lowest BCUT2D eigenvalue weighted by Gasteiger charge is -2.20. The first-order valence-electron chi connectivity index (χ1n) is 5.74. The molecule has 2 aromatic rings. The maximum absolute atomic E-state index is 6.04. The lowest BCUT2D eigenvalue weighted by Crippen LogP contribution is -2.19. The molecule has 4 heteroatoms. The van der Waals surface area contributed by atoms with E-state index in [4.69, 9.17) is 17.3 Å². The summed E-state index contributed by atoms with van der Waals surface area (Å²) >= 11 is 5.97. The fourth-order valence-corrected chi connectivity index (χ4v) is 2.06. The molecule has 1 heterocycles. The van der Waals surface area contributed by atoms with Crippen LogP contribution in [0.3, 0.4) is 0 Å². The Bertz CT molecular complexity index is 554. The number of halogens is 1. The summed E-state index contributed by atoms with van der Waals surface area (Å²) in [6.07, 6.45) is 1.77. The summed E-state index contributed by atoms with van der Waals surface area (Å²) in [5.41, 5.74) is 8.93. The van der Waals surface area contributed by atoms with Gasteiger partial charge in [-0.05, 0) is 36.2 Å². The number of pyridine rings is 1. The predicted molar refractivity (Wildman–Crippen MR) is 76.9 cm³/mol. The van der Waals surface area contributed by atoms with E-state index in [2.05, 4.69) is 4.98 Å². The van der Waals surface area contributed by atoms with Crippen LogP contribution in [0.4, 0.5) is 11.5 Å². The Morgan fingerprint density at radius 2 is 2.11 bits per heavy atom. The predicted octanol–water partition coefficient (Wildman–Crippen LogP) is 3.26. The third kappa shape index (κ3) is 2.74. The molecular formula is C14H16ClN3. The minimum absolute atomic E-state index is 0.723. The maximum atomic E-state index is 6.04. The monoisotopic (exact) mass is 261 g/mol. The third-order valence-corrected chi connectivity index (χ3v) is 3.09. The average Bonchev–Trinajstić information content (AvgIpc) is 2.32. The van der Waals surface area contributed by atoms with Crippen molar-refractivity contribution < 1.29 is 0 Å². The second-order valence-corrected chi connectivity index (χ2v) is 4.79. The minimum atomic E-state index is 0.723. The first-order chi connectivity index (χ1) is 8.58. The van der Waals surface area contributed by atoms with Crippen molar-refractivity contribution in [3.63, 3.8) is 0 Å². The van der Waals surface area contributed by atoms with Gasteiger partial charge in [0.15, 0.2) is 5.82 Å². The van der Waals surface area contributed by atoms with Gasteiger partial charge in [-0.25, -0.2) is 4.98 Å². The maximum Gasteiger partial charge on any atom is 0.152 e. The van der Waals surface area contributed by atoms with E-state index in [0.717, 1.165) is 34.2 Å². The number of rotatable bonds is 3. The molecule has 3 nitrogen and oxygen atoms in total. The van der Waals surface area contributed by atoms with Gasteiger partial charge in [0.1, 0.15) is 0 Å². The first-order valence-corrected chi connectivity index (χ1v) is 6.12. The Morgan fingerprint density at radius 3 is 2.83 bits per heavy atom. The molecule has 0 spiro atoms. The van der Waals surface area contributed by atoms with Crippen LogP contribution in [0.2, 0.25) is 5.02 Å². The Balaban J connectivity index is 2.22. The number of anilines is 2. The molecule has 0 bridgehead atoms. The van der Waals surface area contributed by atoms with Crippen LogP contribution in [0.15, 0.2) is 36.5 Å². The van der Waals surface area contributed by atoms with E-state index in [1.165, 1.54) is 0 Å². The topological polar surface area (TPSA) is 42.2 Å². The van der Waals surface area contributed by atoms with Crippen LogP contribution in [0, 0.1) is 6.92 Å². The van der Waals surface area contributed by atoms with Crippen LogP contribution >= 0.6 is 11.6 Å².